The number of aromatic nitrogens is 2. The molecule has 160 valence electrons. The number of anilines is 1. The second-order valence-corrected chi connectivity index (χ2v) is 9.49. The Bertz CT molecular complexity index is 889. The van der Waals surface area contributed by atoms with Gasteiger partial charge in [-0.15, -0.1) is 0 Å². The van der Waals surface area contributed by atoms with E-state index in [0.29, 0.717) is 19.3 Å². The van der Waals surface area contributed by atoms with Crippen LogP contribution in [0, 0.1) is 16.7 Å². The molecule has 1 aliphatic heterocycles. The summed E-state index contributed by atoms with van der Waals surface area (Å²) in [6, 6.07) is 1.12. The molecule has 1 aliphatic carbocycles. The van der Waals surface area contributed by atoms with E-state index in [1.165, 1.54) is 6.20 Å². The fourth-order valence-corrected chi connectivity index (χ4v) is 4.25. The number of nitriles is 1. The number of rotatable bonds is 7. The van der Waals surface area contributed by atoms with Gasteiger partial charge in [0, 0.05) is 13.1 Å². The SMILES string of the molecule is CS(=O)(=O)N1CC[C@@H](Nc2ncc(C#N)c(OCC3(C(F)F)CCC3)n2)[C@H](F)C1. The van der Waals surface area contributed by atoms with Crippen molar-refractivity contribution in [2.24, 2.45) is 5.41 Å². The molecular weight excluding hydrogens is 411 g/mol. The van der Waals surface area contributed by atoms with E-state index in [9.17, 15) is 26.9 Å². The maximum Gasteiger partial charge on any atom is 0.247 e. The van der Waals surface area contributed by atoms with E-state index >= 15 is 0 Å². The Kier molecular flexibility index (Phi) is 6.19. The van der Waals surface area contributed by atoms with Crippen molar-refractivity contribution < 1.29 is 26.3 Å². The van der Waals surface area contributed by atoms with Crippen LogP contribution < -0.4 is 10.1 Å². The van der Waals surface area contributed by atoms with Crippen LogP contribution in [0.4, 0.5) is 19.1 Å². The largest absolute Gasteiger partial charge is 0.476 e. The highest BCUT2D eigenvalue weighted by molar-refractivity contribution is 7.88. The van der Waals surface area contributed by atoms with Crippen LogP contribution in [-0.4, -0.2) is 67.3 Å². The van der Waals surface area contributed by atoms with Gasteiger partial charge in [-0.2, -0.15) is 14.6 Å². The maximum absolute atomic E-state index is 14.4. The summed E-state index contributed by atoms with van der Waals surface area (Å²) in [5, 5.41) is 12.0. The van der Waals surface area contributed by atoms with Gasteiger partial charge in [-0.05, 0) is 19.3 Å². The number of piperidine rings is 1. The number of nitrogens with one attached hydrogen (secondary N) is 1. The maximum atomic E-state index is 14.4. The summed E-state index contributed by atoms with van der Waals surface area (Å²) in [6.07, 6.45) is -0.250. The second kappa shape index (κ2) is 8.31. The standard InChI is InChI=1S/C17H22F3N5O3S/c1-29(26,27)25-6-3-13(12(18)9-25)23-16-22-8-11(7-21)14(24-16)28-10-17(15(19)20)4-2-5-17/h8,12-13,15H,2-6,9-10H2,1H3,(H,22,23,24)/t12-,13-/m1/s1. The average molecular weight is 433 g/mol. The number of hydrogen-bond donors (Lipinski definition) is 1. The van der Waals surface area contributed by atoms with Crippen LogP contribution in [0.5, 0.6) is 5.88 Å². The van der Waals surface area contributed by atoms with E-state index in [2.05, 4.69) is 15.3 Å². The van der Waals surface area contributed by atoms with Crippen LogP contribution in [0.3, 0.4) is 0 Å². The Balaban J connectivity index is 1.68. The summed E-state index contributed by atoms with van der Waals surface area (Å²) >= 11 is 0. The smallest absolute Gasteiger partial charge is 0.247 e. The first-order valence-electron chi connectivity index (χ1n) is 9.18. The first kappa shape index (κ1) is 21.6. The Morgan fingerprint density at radius 1 is 1.48 bits per heavy atom. The zero-order valence-electron chi connectivity index (χ0n) is 15.8. The minimum Gasteiger partial charge on any atom is -0.476 e. The van der Waals surface area contributed by atoms with E-state index < -0.39 is 34.1 Å². The van der Waals surface area contributed by atoms with Crippen LogP contribution in [0.1, 0.15) is 31.2 Å². The minimum atomic E-state index is -3.48. The van der Waals surface area contributed by atoms with E-state index in [1.54, 1.807) is 0 Å². The summed E-state index contributed by atoms with van der Waals surface area (Å²) in [5.74, 6) is -0.153. The Labute approximate surface area is 167 Å². The van der Waals surface area contributed by atoms with Gasteiger partial charge in [0.25, 0.3) is 0 Å². The van der Waals surface area contributed by atoms with Crippen LogP contribution in [-0.2, 0) is 10.0 Å². The molecule has 8 nitrogen and oxygen atoms in total. The van der Waals surface area contributed by atoms with Gasteiger partial charge in [0.1, 0.15) is 24.4 Å². The van der Waals surface area contributed by atoms with E-state index in [-0.39, 0.29) is 43.5 Å². The van der Waals surface area contributed by atoms with Gasteiger partial charge >= 0.3 is 0 Å². The molecule has 1 saturated heterocycles. The van der Waals surface area contributed by atoms with Crippen LogP contribution >= 0.6 is 0 Å². The van der Waals surface area contributed by atoms with Crippen molar-refractivity contribution >= 4 is 16.0 Å². The third kappa shape index (κ3) is 4.72. The number of sulfonamides is 1. The van der Waals surface area contributed by atoms with Gasteiger partial charge in [0.15, 0.2) is 0 Å². The Morgan fingerprint density at radius 2 is 2.21 bits per heavy atom. The predicted molar refractivity (Wildman–Crippen MR) is 97.9 cm³/mol. The molecule has 0 bridgehead atoms. The predicted octanol–water partition coefficient (Wildman–Crippen LogP) is 1.95. The fraction of sp³-hybridized carbons (Fsp3) is 0.706. The second-order valence-electron chi connectivity index (χ2n) is 7.51. The topological polar surface area (TPSA) is 108 Å². The van der Waals surface area contributed by atoms with Crippen molar-refractivity contribution in [2.45, 2.75) is 44.3 Å². The molecular formula is C17H22F3N5O3S. The third-order valence-corrected chi connectivity index (χ3v) is 6.74. The average Bonchev–Trinajstić information content (AvgIpc) is 2.61. The van der Waals surface area contributed by atoms with Crippen molar-refractivity contribution in [3.63, 3.8) is 0 Å². The molecule has 3 rings (SSSR count). The van der Waals surface area contributed by atoms with Crippen molar-refractivity contribution in [3.05, 3.63) is 11.8 Å². The van der Waals surface area contributed by atoms with Crippen LogP contribution in [0.2, 0.25) is 0 Å². The molecule has 29 heavy (non-hydrogen) atoms. The monoisotopic (exact) mass is 433 g/mol. The molecule has 0 radical (unpaired) electrons. The molecule has 1 aromatic heterocycles. The first-order chi connectivity index (χ1) is 13.6. The van der Waals surface area contributed by atoms with E-state index in [4.69, 9.17) is 4.74 Å². The fourth-order valence-electron chi connectivity index (χ4n) is 3.40. The Hall–Kier alpha value is -2.13. The number of hydrogen-bond acceptors (Lipinski definition) is 7. The van der Waals surface area contributed by atoms with Gasteiger partial charge in [0.2, 0.25) is 28.3 Å². The summed E-state index contributed by atoms with van der Waals surface area (Å²) in [4.78, 5) is 8.00. The highest BCUT2D eigenvalue weighted by Crippen LogP contribution is 2.46. The van der Waals surface area contributed by atoms with Gasteiger partial charge in [-0.3, -0.25) is 0 Å². The lowest BCUT2D eigenvalue weighted by Crippen LogP contribution is -2.49. The zero-order chi connectivity index (χ0) is 21.2. The number of ether oxygens (including phenoxy) is 1. The van der Waals surface area contributed by atoms with Crippen LogP contribution in [0.15, 0.2) is 6.20 Å². The quantitative estimate of drug-likeness (QED) is 0.700. The van der Waals surface area contributed by atoms with Gasteiger partial charge in [-0.1, -0.05) is 6.42 Å². The summed E-state index contributed by atoms with van der Waals surface area (Å²) in [5.41, 5.74) is -1.24. The molecule has 1 aromatic rings. The minimum absolute atomic E-state index is 0.0111. The van der Waals surface area contributed by atoms with Gasteiger partial charge in [0.05, 0.1) is 23.9 Å². The number of nitrogens with zero attached hydrogens (tertiary/aromatic N) is 4. The molecule has 12 heteroatoms. The molecule has 1 N–H and O–H groups in total. The summed E-state index contributed by atoms with van der Waals surface area (Å²) in [6.45, 7) is -0.408. The molecule has 0 amide bonds. The summed E-state index contributed by atoms with van der Waals surface area (Å²) < 4.78 is 70.6. The van der Waals surface area contributed by atoms with Gasteiger partial charge < -0.3 is 10.1 Å². The highest BCUT2D eigenvalue weighted by Gasteiger charge is 2.46. The lowest BCUT2D eigenvalue weighted by Gasteiger charge is -2.40. The zero-order valence-corrected chi connectivity index (χ0v) is 16.6. The molecule has 0 unspecified atom stereocenters. The first-order valence-corrected chi connectivity index (χ1v) is 11.0. The molecule has 1 saturated carbocycles. The van der Waals surface area contributed by atoms with E-state index in [1.807, 2.05) is 6.07 Å². The Morgan fingerprint density at radius 3 is 2.72 bits per heavy atom. The van der Waals surface area contributed by atoms with Crippen molar-refractivity contribution in [2.75, 3.05) is 31.3 Å². The molecule has 2 fully saturated rings. The molecule has 0 spiro atoms. The van der Waals surface area contributed by atoms with E-state index in [0.717, 1.165) is 10.6 Å². The molecule has 2 heterocycles. The molecule has 0 aromatic carbocycles. The molecule has 2 atom stereocenters. The van der Waals surface area contributed by atoms with Gasteiger partial charge in [-0.25, -0.2) is 26.6 Å². The molecule has 2 aliphatic rings. The lowest BCUT2D eigenvalue weighted by atomic mass is 9.70. The highest BCUT2D eigenvalue weighted by atomic mass is 32.2. The summed E-state index contributed by atoms with van der Waals surface area (Å²) in [7, 11) is -3.48. The van der Waals surface area contributed by atoms with Crippen molar-refractivity contribution in [1.82, 2.24) is 14.3 Å². The normalized spacial score (nSPS) is 24.6. The number of halogens is 3. The van der Waals surface area contributed by atoms with Crippen LogP contribution in [0.25, 0.3) is 0 Å². The number of alkyl halides is 3. The van der Waals surface area contributed by atoms with Crippen molar-refractivity contribution in [3.8, 4) is 11.9 Å². The lowest BCUT2D eigenvalue weighted by molar-refractivity contribution is -0.0868. The van der Waals surface area contributed by atoms with Crippen molar-refractivity contribution in [1.29, 1.82) is 5.26 Å². The third-order valence-electron chi connectivity index (χ3n) is 5.47.